The third-order valence-electron chi connectivity index (χ3n) is 17.6. The van der Waals surface area contributed by atoms with Crippen LogP contribution in [0.2, 0.25) is 0 Å². The number of hydrogen-bond donors (Lipinski definition) is 0. The van der Waals surface area contributed by atoms with Gasteiger partial charge in [0, 0.05) is 51.1 Å². The maximum atomic E-state index is 6.80. The minimum atomic E-state index is -0.278. The van der Waals surface area contributed by atoms with E-state index in [2.05, 4.69) is 238 Å². The molecule has 3 heterocycles. The number of aromatic nitrogens is 3. The van der Waals surface area contributed by atoms with E-state index in [0.29, 0.717) is 35.6 Å². The molecule has 13 aromatic rings. The molecule has 0 saturated heterocycles. The Balaban J connectivity index is 0.762. The van der Waals surface area contributed by atoms with Crippen molar-refractivity contribution in [3.05, 3.63) is 281 Å². The number of fused-ring (bicyclic) bond motifs is 12. The van der Waals surface area contributed by atoms with Crippen LogP contribution in [0.3, 0.4) is 0 Å². The lowest BCUT2D eigenvalue weighted by Crippen LogP contribution is -2.12. The molecule has 5 heteroatoms. The SMILES string of the molecule is CC(c1ccc2c(c1)oc1cc(-c3nc(-c4ccccc4)nc(C4CC#Cc5oc6ccc(-c7ccccc7-c7ccc8c(c7)-c7ccccc7C8C(C)c7ccccc7)cc6c54)n3)ccc12)C1c2ccccc2-c2ccccc21. The number of rotatable bonds is 9. The summed E-state index contributed by atoms with van der Waals surface area (Å²) < 4.78 is 13.4. The molecule has 4 unspecified atom stereocenters. The molecular formula is C75H51N3O2. The molecule has 3 aliphatic carbocycles. The van der Waals surface area contributed by atoms with E-state index in [1.165, 1.54) is 66.8 Å². The zero-order valence-electron chi connectivity index (χ0n) is 44.2. The van der Waals surface area contributed by atoms with Gasteiger partial charge in [-0.25, -0.2) is 15.0 Å². The summed E-state index contributed by atoms with van der Waals surface area (Å²) >= 11 is 0. The predicted molar refractivity (Wildman–Crippen MR) is 323 cm³/mol. The maximum absolute atomic E-state index is 6.80. The van der Waals surface area contributed by atoms with Crippen LogP contribution in [0, 0.1) is 11.8 Å². The first-order chi connectivity index (χ1) is 39.5. The summed E-state index contributed by atoms with van der Waals surface area (Å²) in [4.78, 5) is 15.8. The van der Waals surface area contributed by atoms with Crippen molar-refractivity contribution in [2.45, 2.75) is 49.9 Å². The van der Waals surface area contributed by atoms with E-state index in [4.69, 9.17) is 23.8 Å². The van der Waals surface area contributed by atoms with E-state index in [9.17, 15) is 0 Å². The van der Waals surface area contributed by atoms with Gasteiger partial charge in [0.05, 0.1) is 5.92 Å². The van der Waals surface area contributed by atoms with Crippen molar-refractivity contribution < 1.29 is 8.83 Å². The first-order valence-corrected chi connectivity index (χ1v) is 27.9. The van der Waals surface area contributed by atoms with Crippen molar-refractivity contribution in [2.75, 3.05) is 0 Å². The van der Waals surface area contributed by atoms with Gasteiger partial charge in [0.25, 0.3) is 0 Å². The number of hydrogen-bond acceptors (Lipinski definition) is 5. The minimum Gasteiger partial charge on any atom is -0.456 e. The number of furan rings is 2. The standard InChI is InChI=1S/C75H51N3O2/c1-44(46-18-5-3-6-19-46)70-61-29-16-13-26-56(61)64-40-49(33-38-62(64)70)52-22-9-10-23-53(52)50-35-39-66-65(41-50)72-63(30-17-31-67(72)79-66)75-77-73(47-20-7-4-8-21-47)76-74(78-75)51-34-37-58-57-36-32-48(42-68(57)80-69(58)43-51)45(2)71-59-27-14-11-24-54(59)55-25-12-15-28-60(55)71/h3-16,18-29,32-45,63,70-71H,30H2,1-2H3. The van der Waals surface area contributed by atoms with E-state index in [-0.39, 0.29) is 23.7 Å². The molecule has 0 saturated carbocycles. The third-order valence-corrected chi connectivity index (χ3v) is 17.6. The van der Waals surface area contributed by atoms with Crippen molar-refractivity contribution >= 4 is 32.9 Å². The summed E-state index contributed by atoms with van der Waals surface area (Å²) in [6.07, 6.45) is 0.530. The molecular weight excluding hydrogens is 975 g/mol. The van der Waals surface area contributed by atoms with Crippen molar-refractivity contribution in [1.82, 2.24) is 15.0 Å². The molecule has 3 aromatic heterocycles. The molecule has 0 fully saturated rings. The van der Waals surface area contributed by atoms with E-state index in [1.54, 1.807) is 0 Å². The fraction of sp³-hybridized carbons (Fsp3) is 0.107. The molecule has 0 N–H and O–H groups in total. The minimum absolute atomic E-state index is 0.227. The molecule has 16 rings (SSSR count). The second-order valence-electron chi connectivity index (χ2n) is 21.9. The van der Waals surface area contributed by atoms with E-state index < -0.39 is 0 Å². The van der Waals surface area contributed by atoms with Gasteiger partial charge in [-0.3, -0.25) is 0 Å². The normalized spacial score (nSPS) is 15.7. The first kappa shape index (κ1) is 46.2. The van der Waals surface area contributed by atoms with Gasteiger partial charge < -0.3 is 8.83 Å². The second-order valence-corrected chi connectivity index (χ2v) is 21.9. The molecule has 0 bridgehead atoms. The Bertz CT molecular complexity index is 4660. The summed E-state index contributed by atoms with van der Waals surface area (Å²) in [7, 11) is 0. The summed E-state index contributed by atoms with van der Waals surface area (Å²) in [6, 6.07) is 83.3. The van der Waals surface area contributed by atoms with Crippen molar-refractivity contribution in [3.8, 4) is 79.1 Å². The fourth-order valence-corrected chi connectivity index (χ4v) is 13.7. The maximum Gasteiger partial charge on any atom is 0.182 e. The van der Waals surface area contributed by atoms with Crippen LogP contribution < -0.4 is 0 Å². The molecule has 4 atom stereocenters. The third kappa shape index (κ3) is 7.36. The summed E-state index contributed by atoms with van der Waals surface area (Å²) in [5, 5.41) is 3.14. The molecule has 0 amide bonds. The molecule has 0 aliphatic heterocycles. The Morgan fingerprint density at radius 3 is 1.60 bits per heavy atom. The summed E-state index contributed by atoms with van der Waals surface area (Å²) in [5.41, 5.74) is 23.2. The van der Waals surface area contributed by atoms with Crippen LogP contribution in [-0.4, -0.2) is 15.0 Å². The molecule has 80 heavy (non-hydrogen) atoms. The van der Waals surface area contributed by atoms with Gasteiger partial charge in [-0.2, -0.15) is 0 Å². The highest BCUT2D eigenvalue weighted by atomic mass is 16.3. The van der Waals surface area contributed by atoms with Gasteiger partial charge in [-0.15, -0.1) is 0 Å². The summed E-state index contributed by atoms with van der Waals surface area (Å²) in [5.74, 6) is 10.0. The van der Waals surface area contributed by atoms with Crippen molar-refractivity contribution in [1.29, 1.82) is 0 Å². The Kier molecular flexibility index (Phi) is 10.6. The van der Waals surface area contributed by atoms with Crippen LogP contribution in [0.1, 0.15) is 100 Å². The Morgan fingerprint density at radius 2 is 0.912 bits per heavy atom. The molecule has 378 valence electrons. The van der Waals surface area contributed by atoms with Gasteiger partial charge >= 0.3 is 0 Å². The quantitative estimate of drug-likeness (QED) is 0.135. The Hall–Kier alpha value is -9.89. The van der Waals surface area contributed by atoms with Crippen LogP contribution in [0.4, 0.5) is 0 Å². The fourth-order valence-electron chi connectivity index (χ4n) is 13.7. The molecule has 10 aromatic carbocycles. The average Bonchev–Trinajstić information content (AvgIpc) is 4.31. The van der Waals surface area contributed by atoms with Crippen molar-refractivity contribution in [2.24, 2.45) is 0 Å². The zero-order valence-corrected chi connectivity index (χ0v) is 44.2. The van der Waals surface area contributed by atoms with Crippen molar-refractivity contribution in [3.63, 3.8) is 0 Å². The van der Waals surface area contributed by atoms with Crippen LogP contribution in [0.15, 0.2) is 239 Å². The largest absolute Gasteiger partial charge is 0.456 e. The predicted octanol–water partition coefficient (Wildman–Crippen LogP) is 18.9. The van der Waals surface area contributed by atoms with Crippen LogP contribution in [-0.2, 0) is 0 Å². The Labute approximate surface area is 464 Å². The highest BCUT2D eigenvalue weighted by molar-refractivity contribution is 6.06. The number of nitrogens with zero attached hydrogens (tertiary/aromatic N) is 3. The number of benzene rings is 10. The Morgan fingerprint density at radius 1 is 0.388 bits per heavy atom. The lowest BCUT2D eigenvalue weighted by Gasteiger charge is -2.22. The van der Waals surface area contributed by atoms with Gasteiger partial charge in [-0.1, -0.05) is 214 Å². The van der Waals surface area contributed by atoms with Crippen LogP contribution >= 0.6 is 0 Å². The second kappa shape index (κ2) is 18.4. The van der Waals surface area contributed by atoms with Gasteiger partial charge in [-0.05, 0) is 132 Å². The average molecular weight is 1030 g/mol. The van der Waals surface area contributed by atoms with E-state index in [1.807, 2.05) is 18.2 Å². The lowest BCUT2D eigenvalue weighted by molar-refractivity contribution is 0.585. The first-order valence-electron chi connectivity index (χ1n) is 27.9. The monoisotopic (exact) mass is 1030 g/mol. The molecule has 0 spiro atoms. The highest BCUT2D eigenvalue weighted by Crippen LogP contribution is 2.54. The molecule has 0 radical (unpaired) electrons. The van der Waals surface area contributed by atoms with E-state index in [0.717, 1.165) is 60.7 Å². The molecule has 3 aliphatic rings. The van der Waals surface area contributed by atoms with Crippen LogP contribution in [0.25, 0.3) is 100 Å². The molecule has 5 nitrogen and oxygen atoms in total. The topological polar surface area (TPSA) is 65.0 Å². The van der Waals surface area contributed by atoms with Gasteiger partial charge in [0.1, 0.15) is 22.6 Å². The van der Waals surface area contributed by atoms with Crippen LogP contribution in [0.5, 0.6) is 0 Å². The highest BCUT2D eigenvalue weighted by Gasteiger charge is 2.36. The van der Waals surface area contributed by atoms with E-state index >= 15 is 0 Å². The lowest BCUT2D eigenvalue weighted by atomic mass is 9.81. The summed E-state index contributed by atoms with van der Waals surface area (Å²) in [6.45, 7) is 4.71. The van der Waals surface area contributed by atoms with Gasteiger partial charge in [0.2, 0.25) is 0 Å². The smallest absolute Gasteiger partial charge is 0.182 e. The zero-order chi connectivity index (χ0) is 53.0. The van der Waals surface area contributed by atoms with Gasteiger partial charge in [0.15, 0.2) is 17.4 Å².